The number of hydrogen-bond acceptors (Lipinski definition) is 5. The van der Waals surface area contributed by atoms with E-state index in [9.17, 15) is 4.79 Å². The lowest BCUT2D eigenvalue weighted by molar-refractivity contribution is 0.0590. The zero-order chi connectivity index (χ0) is 7.56. The van der Waals surface area contributed by atoms with Crippen LogP contribution in [0, 0.1) is 0 Å². The predicted octanol–water partition coefficient (Wildman–Crippen LogP) is 0.0434. The first kappa shape index (κ1) is 6.60. The van der Waals surface area contributed by atoms with Gasteiger partial charge in [0.1, 0.15) is 12.0 Å². The molecule has 0 aliphatic heterocycles. The molecule has 1 rings (SSSR count). The molecule has 0 saturated carbocycles. The molecule has 5 nitrogen and oxygen atoms in total. The van der Waals surface area contributed by atoms with Crippen LogP contribution in [0.5, 0.6) is 0 Å². The fraction of sp³-hybridized carbons (Fsp3) is 0.200. The fourth-order valence-corrected chi connectivity index (χ4v) is 0.496. The third-order valence-electron chi connectivity index (χ3n) is 0.976. The van der Waals surface area contributed by atoms with Crippen LogP contribution in [0.4, 0.5) is 5.69 Å². The maximum Gasteiger partial charge on any atom is 0.362 e. The largest absolute Gasteiger partial charge is 0.464 e. The molecule has 0 amide bonds. The molecule has 0 unspecified atom stereocenters. The van der Waals surface area contributed by atoms with Crippen molar-refractivity contribution < 1.29 is 14.1 Å². The van der Waals surface area contributed by atoms with Crippen molar-refractivity contribution in [2.75, 3.05) is 12.8 Å². The summed E-state index contributed by atoms with van der Waals surface area (Å²) in [5.74, 6) is -0.591. The number of nitrogens with two attached hydrogens (primary N) is 1. The van der Waals surface area contributed by atoms with Crippen LogP contribution in [0.2, 0.25) is 0 Å². The average molecular weight is 142 g/mol. The molecule has 0 aliphatic rings. The standard InChI is InChI=1S/C5H6N2O3/c1-9-5(8)4-3(6)2-10-7-4/h2H,6H2,1H3. The molecule has 10 heavy (non-hydrogen) atoms. The smallest absolute Gasteiger partial charge is 0.362 e. The van der Waals surface area contributed by atoms with E-state index in [0.29, 0.717) is 0 Å². The number of carbonyl (C=O) groups excluding carboxylic acids is 1. The summed E-state index contributed by atoms with van der Waals surface area (Å²) in [5.41, 5.74) is 5.46. The molecule has 1 aromatic heterocycles. The van der Waals surface area contributed by atoms with E-state index in [-0.39, 0.29) is 11.4 Å². The summed E-state index contributed by atoms with van der Waals surface area (Å²) in [4.78, 5) is 10.7. The van der Waals surface area contributed by atoms with Crippen LogP contribution in [0.1, 0.15) is 10.5 Å². The zero-order valence-corrected chi connectivity index (χ0v) is 5.33. The van der Waals surface area contributed by atoms with Gasteiger partial charge in [0.05, 0.1) is 7.11 Å². The van der Waals surface area contributed by atoms with Gasteiger partial charge < -0.3 is 15.0 Å². The molecule has 0 saturated heterocycles. The van der Waals surface area contributed by atoms with Gasteiger partial charge in [-0.3, -0.25) is 0 Å². The number of carbonyl (C=O) groups is 1. The van der Waals surface area contributed by atoms with Crippen molar-refractivity contribution in [1.82, 2.24) is 5.16 Å². The van der Waals surface area contributed by atoms with Gasteiger partial charge in [-0.05, 0) is 0 Å². The molecule has 2 N–H and O–H groups in total. The van der Waals surface area contributed by atoms with Crippen LogP contribution < -0.4 is 5.73 Å². The second-order valence-electron chi connectivity index (χ2n) is 1.61. The van der Waals surface area contributed by atoms with Crippen LogP contribution in [0.15, 0.2) is 10.8 Å². The van der Waals surface area contributed by atoms with Gasteiger partial charge in [0, 0.05) is 0 Å². The van der Waals surface area contributed by atoms with E-state index in [1.54, 1.807) is 0 Å². The van der Waals surface area contributed by atoms with Crippen molar-refractivity contribution in [3.8, 4) is 0 Å². The minimum Gasteiger partial charge on any atom is -0.464 e. The van der Waals surface area contributed by atoms with E-state index >= 15 is 0 Å². The SMILES string of the molecule is COC(=O)c1nocc1N. The Hall–Kier alpha value is -1.52. The van der Waals surface area contributed by atoms with Crippen LogP contribution >= 0.6 is 0 Å². The molecular weight excluding hydrogens is 136 g/mol. The summed E-state index contributed by atoms with van der Waals surface area (Å²) < 4.78 is 8.73. The van der Waals surface area contributed by atoms with Crippen molar-refractivity contribution in [3.05, 3.63) is 12.0 Å². The second kappa shape index (κ2) is 2.38. The van der Waals surface area contributed by atoms with E-state index in [0.717, 1.165) is 0 Å². The highest BCUT2D eigenvalue weighted by Crippen LogP contribution is 2.08. The van der Waals surface area contributed by atoms with Gasteiger partial charge in [-0.1, -0.05) is 5.16 Å². The summed E-state index contributed by atoms with van der Waals surface area (Å²) in [7, 11) is 1.25. The van der Waals surface area contributed by atoms with Gasteiger partial charge in [0.25, 0.3) is 0 Å². The number of methoxy groups -OCH3 is 1. The number of aromatic nitrogens is 1. The summed E-state index contributed by atoms with van der Waals surface area (Å²) in [6, 6.07) is 0. The Kier molecular flexibility index (Phi) is 1.57. The first-order chi connectivity index (χ1) is 4.75. The summed E-state index contributed by atoms with van der Waals surface area (Å²) >= 11 is 0. The molecule has 54 valence electrons. The van der Waals surface area contributed by atoms with Gasteiger partial charge in [-0.2, -0.15) is 0 Å². The van der Waals surface area contributed by atoms with Crippen molar-refractivity contribution in [2.24, 2.45) is 0 Å². The van der Waals surface area contributed by atoms with Crippen molar-refractivity contribution in [2.45, 2.75) is 0 Å². The molecule has 0 atom stereocenters. The number of nitrogen functional groups attached to an aromatic ring is 1. The van der Waals surface area contributed by atoms with E-state index in [1.165, 1.54) is 13.4 Å². The van der Waals surface area contributed by atoms with E-state index in [4.69, 9.17) is 5.73 Å². The fourth-order valence-electron chi connectivity index (χ4n) is 0.496. The van der Waals surface area contributed by atoms with Crippen LogP contribution in [0.3, 0.4) is 0 Å². The Morgan fingerprint density at radius 1 is 1.90 bits per heavy atom. The molecule has 0 bridgehead atoms. The molecule has 0 aromatic carbocycles. The van der Waals surface area contributed by atoms with Gasteiger partial charge in [-0.15, -0.1) is 0 Å². The number of anilines is 1. The van der Waals surface area contributed by atoms with Gasteiger partial charge in [0.2, 0.25) is 5.69 Å². The topological polar surface area (TPSA) is 78.3 Å². The maximum absolute atomic E-state index is 10.7. The third-order valence-corrected chi connectivity index (χ3v) is 0.976. The molecular formula is C5H6N2O3. The maximum atomic E-state index is 10.7. The normalized spacial score (nSPS) is 9.30. The quantitative estimate of drug-likeness (QED) is 0.560. The first-order valence-electron chi connectivity index (χ1n) is 2.54. The molecule has 0 fully saturated rings. The van der Waals surface area contributed by atoms with Gasteiger partial charge >= 0.3 is 5.97 Å². The lowest BCUT2D eigenvalue weighted by Gasteiger charge is -1.91. The molecule has 1 heterocycles. The lowest BCUT2D eigenvalue weighted by Crippen LogP contribution is -2.04. The predicted molar refractivity (Wildman–Crippen MR) is 32.3 cm³/mol. The molecule has 5 heteroatoms. The number of ether oxygens (including phenoxy) is 1. The van der Waals surface area contributed by atoms with Crippen LogP contribution in [-0.2, 0) is 4.74 Å². The third kappa shape index (κ3) is 0.928. The zero-order valence-electron chi connectivity index (χ0n) is 5.33. The minimum atomic E-state index is -0.591. The van der Waals surface area contributed by atoms with Gasteiger partial charge in [-0.25, -0.2) is 4.79 Å². The average Bonchev–Trinajstić information content (AvgIpc) is 2.34. The molecule has 1 aromatic rings. The summed E-state index contributed by atoms with van der Waals surface area (Å²) in [6.07, 6.45) is 1.17. The monoisotopic (exact) mass is 142 g/mol. The number of nitrogens with zero attached hydrogens (tertiary/aromatic N) is 1. The number of hydrogen-bond donors (Lipinski definition) is 1. The summed E-state index contributed by atoms with van der Waals surface area (Å²) in [5, 5.41) is 3.31. The number of rotatable bonds is 1. The molecule has 0 spiro atoms. The van der Waals surface area contributed by atoms with Crippen molar-refractivity contribution in [1.29, 1.82) is 0 Å². The lowest BCUT2D eigenvalue weighted by atomic mass is 10.4. The van der Waals surface area contributed by atoms with Crippen LogP contribution in [-0.4, -0.2) is 18.2 Å². The first-order valence-corrected chi connectivity index (χ1v) is 2.54. The Morgan fingerprint density at radius 3 is 3.00 bits per heavy atom. The minimum absolute atomic E-state index is 0.0162. The van der Waals surface area contributed by atoms with Crippen molar-refractivity contribution >= 4 is 11.7 Å². The van der Waals surface area contributed by atoms with E-state index in [1.807, 2.05) is 0 Å². The van der Waals surface area contributed by atoms with Crippen LogP contribution in [0.25, 0.3) is 0 Å². The van der Waals surface area contributed by atoms with E-state index < -0.39 is 5.97 Å². The highest BCUT2D eigenvalue weighted by atomic mass is 16.5. The Balaban J connectivity index is 2.93. The Morgan fingerprint density at radius 2 is 2.60 bits per heavy atom. The highest BCUT2D eigenvalue weighted by molar-refractivity contribution is 5.92. The second-order valence-corrected chi connectivity index (χ2v) is 1.61. The summed E-state index contributed by atoms with van der Waals surface area (Å²) in [6.45, 7) is 0. The highest BCUT2D eigenvalue weighted by Gasteiger charge is 2.13. The van der Waals surface area contributed by atoms with E-state index in [2.05, 4.69) is 14.4 Å². The Bertz CT molecular complexity index is 243. The number of esters is 1. The van der Waals surface area contributed by atoms with Gasteiger partial charge in [0.15, 0.2) is 0 Å². The van der Waals surface area contributed by atoms with Crippen molar-refractivity contribution in [3.63, 3.8) is 0 Å². The molecule has 0 radical (unpaired) electrons. The Labute approximate surface area is 56.7 Å². The molecule has 0 aliphatic carbocycles.